The van der Waals surface area contributed by atoms with Gasteiger partial charge in [0.05, 0.1) is 10.6 Å². The number of sulfonamides is 1. The smallest absolute Gasteiger partial charge is 0.264 e. The van der Waals surface area contributed by atoms with Gasteiger partial charge in [0, 0.05) is 28.2 Å². The van der Waals surface area contributed by atoms with Gasteiger partial charge >= 0.3 is 0 Å². The molecule has 1 N–H and O–H groups in total. The van der Waals surface area contributed by atoms with E-state index in [-0.39, 0.29) is 23.4 Å². The first-order chi connectivity index (χ1) is 18.4. The van der Waals surface area contributed by atoms with Crippen LogP contribution in [0, 0.1) is 6.92 Å². The summed E-state index contributed by atoms with van der Waals surface area (Å²) in [5.74, 6) is -0.953. The van der Waals surface area contributed by atoms with Crippen molar-refractivity contribution in [1.82, 2.24) is 10.2 Å². The van der Waals surface area contributed by atoms with Gasteiger partial charge in [-0.15, -0.1) is 0 Å². The summed E-state index contributed by atoms with van der Waals surface area (Å²) in [6.45, 7) is 6.64. The lowest BCUT2D eigenvalue weighted by Gasteiger charge is -2.32. The molecule has 3 aromatic carbocycles. The molecule has 7 nitrogen and oxygen atoms in total. The summed E-state index contributed by atoms with van der Waals surface area (Å²) in [6.07, 6.45) is 0.708. The molecule has 0 spiro atoms. The van der Waals surface area contributed by atoms with Crippen LogP contribution in [0.4, 0.5) is 5.69 Å². The van der Waals surface area contributed by atoms with E-state index in [4.69, 9.17) is 23.2 Å². The summed E-state index contributed by atoms with van der Waals surface area (Å²) >= 11 is 12.8. The van der Waals surface area contributed by atoms with Crippen molar-refractivity contribution in [1.29, 1.82) is 0 Å². The molecule has 0 aromatic heterocycles. The number of aryl methyl sites for hydroxylation is 1. The molecule has 208 valence electrons. The highest BCUT2D eigenvalue weighted by Crippen LogP contribution is 2.28. The van der Waals surface area contributed by atoms with Crippen LogP contribution in [0.1, 0.15) is 38.3 Å². The zero-order valence-electron chi connectivity index (χ0n) is 22.4. The first-order valence-electron chi connectivity index (χ1n) is 12.6. The lowest BCUT2D eigenvalue weighted by molar-refractivity contribution is -0.139. The summed E-state index contributed by atoms with van der Waals surface area (Å²) in [4.78, 5) is 28.4. The summed E-state index contributed by atoms with van der Waals surface area (Å²) in [7, 11) is -4.12. The van der Waals surface area contributed by atoms with Crippen LogP contribution >= 0.6 is 23.2 Å². The molecule has 0 aliphatic rings. The molecule has 0 bridgehead atoms. The fourth-order valence-electron chi connectivity index (χ4n) is 3.86. The van der Waals surface area contributed by atoms with Gasteiger partial charge in [0.15, 0.2) is 0 Å². The fraction of sp³-hybridized carbons (Fsp3) is 0.310. The van der Waals surface area contributed by atoms with Gasteiger partial charge in [-0.25, -0.2) is 8.42 Å². The molecule has 3 aromatic rings. The Kier molecular flexibility index (Phi) is 10.4. The maximum Gasteiger partial charge on any atom is 0.264 e. The van der Waals surface area contributed by atoms with E-state index in [0.717, 1.165) is 9.87 Å². The second kappa shape index (κ2) is 13.3. The standard InChI is InChI=1S/C29H33Cl2N3O4S/c1-5-21(3)32-29(36)22(4)33(18-25-26(30)12-9-13-27(25)31)28(35)19-34(23-10-7-6-8-11-23)39(37,38)24-16-14-20(2)15-17-24/h6-17,21-22H,5,18-19H2,1-4H3,(H,32,36)/t21-,22-/m1/s1. The number of benzene rings is 3. The van der Waals surface area contributed by atoms with E-state index in [2.05, 4.69) is 5.32 Å². The number of carbonyl (C=O) groups excluding carboxylic acids is 2. The minimum absolute atomic E-state index is 0.0491. The molecule has 0 radical (unpaired) electrons. The first kappa shape index (κ1) is 30.5. The van der Waals surface area contributed by atoms with E-state index in [9.17, 15) is 18.0 Å². The number of anilines is 1. The number of carbonyl (C=O) groups is 2. The van der Waals surface area contributed by atoms with Gasteiger partial charge in [-0.3, -0.25) is 13.9 Å². The molecule has 0 unspecified atom stereocenters. The highest BCUT2D eigenvalue weighted by atomic mass is 35.5. The molecule has 0 heterocycles. The number of amides is 2. The molecular weight excluding hydrogens is 557 g/mol. The monoisotopic (exact) mass is 589 g/mol. The van der Waals surface area contributed by atoms with Crippen molar-refractivity contribution >= 4 is 50.7 Å². The Morgan fingerprint density at radius 3 is 2.05 bits per heavy atom. The Morgan fingerprint density at radius 1 is 0.897 bits per heavy atom. The third-order valence-corrected chi connectivity index (χ3v) is 8.99. The predicted molar refractivity (Wildman–Crippen MR) is 157 cm³/mol. The van der Waals surface area contributed by atoms with Gasteiger partial charge in [-0.05, 0) is 63.6 Å². The first-order valence-corrected chi connectivity index (χ1v) is 14.8. The fourth-order valence-corrected chi connectivity index (χ4v) is 5.79. The SMILES string of the molecule is CC[C@@H](C)NC(=O)[C@@H](C)N(Cc1c(Cl)cccc1Cl)C(=O)CN(c1ccccc1)S(=O)(=O)c1ccc(C)cc1. The molecule has 0 saturated carbocycles. The number of nitrogens with one attached hydrogen (secondary N) is 1. The average Bonchev–Trinajstić information content (AvgIpc) is 2.91. The number of hydrogen-bond acceptors (Lipinski definition) is 4. The zero-order valence-corrected chi connectivity index (χ0v) is 24.7. The van der Waals surface area contributed by atoms with Gasteiger partial charge in [-0.1, -0.05) is 72.1 Å². The van der Waals surface area contributed by atoms with Crippen molar-refractivity contribution in [3.8, 4) is 0 Å². The third kappa shape index (κ3) is 7.53. The third-order valence-electron chi connectivity index (χ3n) is 6.49. The molecule has 39 heavy (non-hydrogen) atoms. The van der Waals surface area contributed by atoms with Crippen LogP contribution in [0.3, 0.4) is 0 Å². The minimum atomic E-state index is -4.12. The van der Waals surface area contributed by atoms with Crippen molar-refractivity contribution in [2.45, 2.75) is 57.6 Å². The largest absolute Gasteiger partial charge is 0.352 e. The van der Waals surface area contributed by atoms with E-state index in [0.29, 0.717) is 27.7 Å². The maximum atomic E-state index is 13.9. The quantitative estimate of drug-likeness (QED) is 0.305. The van der Waals surface area contributed by atoms with Crippen molar-refractivity contribution in [3.63, 3.8) is 0 Å². The number of halogens is 2. The Hall–Kier alpha value is -3.07. The number of hydrogen-bond donors (Lipinski definition) is 1. The van der Waals surface area contributed by atoms with Crippen LogP contribution in [-0.2, 0) is 26.2 Å². The maximum absolute atomic E-state index is 13.9. The van der Waals surface area contributed by atoms with E-state index in [1.165, 1.54) is 17.0 Å². The van der Waals surface area contributed by atoms with Gasteiger partial charge in [0.25, 0.3) is 10.0 Å². The summed E-state index contributed by atoms with van der Waals surface area (Å²) in [6, 6.07) is 18.7. The summed E-state index contributed by atoms with van der Waals surface area (Å²) in [5.41, 5.74) is 1.68. The second-order valence-corrected chi connectivity index (χ2v) is 12.1. The normalized spacial score (nSPS) is 12.9. The van der Waals surface area contributed by atoms with Gasteiger partial charge in [-0.2, -0.15) is 0 Å². The van der Waals surface area contributed by atoms with E-state index < -0.39 is 28.5 Å². The van der Waals surface area contributed by atoms with Crippen LogP contribution in [0.2, 0.25) is 10.0 Å². The second-order valence-electron chi connectivity index (χ2n) is 9.38. The van der Waals surface area contributed by atoms with Crippen molar-refractivity contribution < 1.29 is 18.0 Å². The van der Waals surface area contributed by atoms with Crippen LogP contribution < -0.4 is 9.62 Å². The topological polar surface area (TPSA) is 86.8 Å². The summed E-state index contributed by atoms with van der Waals surface area (Å²) < 4.78 is 28.6. The van der Waals surface area contributed by atoms with Crippen LogP contribution in [-0.4, -0.2) is 43.8 Å². The molecule has 0 aliphatic heterocycles. The molecule has 2 atom stereocenters. The van der Waals surface area contributed by atoms with Gasteiger partial charge in [0.2, 0.25) is 11.8 Å². The Morgan fingerprint density at radius 2 is 1.49 bits per heavy atom. The van der Waals surface area contributed by atoms with Crippen LogP contribution in [0.25, 0.3) is 0 Å². The Bertz CT molecular complexity index is 1380. The summed E-state index contributed by atoms with van der Waals surface area (Å²) in [5, 5.41) is 3.57. The predicted octanol–water partition coefficient (Wildman–Crippen LogP) is 5.83. The van der Waals surface area contributed by atoms with E-state index in [1.807, 2.05) is 20.8 Å². The van der Waals surface area contributed by atoms with Gasteiger partial charge in [0.1, 0.15) is 12.6 Å². The van der Waals surface area contributed by atoms with Crippen molar-refractivity contribution in [3.05, 3.63) is 94.0 Å². The molecular formula is C29H33Cl2N3O4S. The molecule has 0 fully saturated rings. The highest BCUT2D eigenvalue weighted by molar-refractivity contribution is 7.92. The van der Waals surface area contributed by atoms with Crippen LogP contribution in [0.15, 0.2) is 77.7 Å². The highest BCUT2D eigenvalue weighted by Gasteiger charge is 2.33. The number of para-hydroxylation sites is 1. The van der Waals surface area contributed by atoms with Gasteiger partial charge < -0.3 is 10.2 Å². The molecule has 0 saturated heterocycles. The number of rotatable bonds is 11. The molecule has 0 aliphatic carbocycles. The zero-order chi connectivity index (χ0) is 28.7. The van der Waals surface area contributed by atoms with Crippen molar-refractivity contribution in [2.24, 2.45) is 0 Å². The van der Waals surface area contributed by atoms with E-state index >= 15 is 0 Å². The minimum Gasteiger partial charge on any atom is -0.352 e. The number of nitrogens with zero attached hydrogens (tertiary/aromatic N) is 2. The average molecular weight is 591 g/mol. The van der Waals surface area contributed by atoms with Crippen LogP contribution in [0.5, 0.6) is 0 Å². The lowest BCUT2D eigenvalue weighted by Crippen LogP contribution is -2.52. The molecule has 3 rings (SSSR count). The molecule has 2 amide bonds. The van der Waals surface area contributed by atoms with Crippen molar-refractivity contribution in [2.75, 3.05) is 10.8 Å². The van der Waals surface area contributed by atoms with E-state index in [1.54, 1.807) is 67.6 Å². The Labute approximate surface area is 240 Å². The molecule has 10 heteroatoms. The lowest BCUT2D eigenvalue weighted by atomic mass is 10.1. The Balaban J connectivity index is 2.04.